The first-order chi connectivity index (χ1) is 10.1. The summed E-state index contributed by atoms with van der Waals surface area (Å²) in [5.41, 5.74) is 0.0502. The van der Waals surface area contributed by atoms with E-state index in [1.165, 1.54) is 0 Å². The first kappa shape index (κ1) is 14.6. The van der Waals surface area contributed by atoms with Crippen molar-refractivity contribution >= 4 is 27.5 Å². The predicted octanol–water partition coefficient (Wildman–Crippen LogP) is 2.67. The summed E-state index contributed by atoms with van der Waals surface area (Å²) in [6, 6.07) is 7.25. The van der Waals surface area contributed by atoms with Crippen LogP contribution in [0.1, 0.15) is 18.4 Å². The van der Waals surface area contributed by atoms with Gasteiger partial charge < -0.3 is 14.7 Å². The second-order valence-corrected chi connectivity index (χ2v) is 6.14. The van der Waals surface area contributed by atoms with Gasteiger partial charge in [-0.05, 0) is 17.7 Å². The van der Waals surface area contributed by atoms with Crippen LogP contribution in [0.4, 0.5) is 0 Å². The standard InChI is InChI=1S/C15H16BrNO4/c1-20-17-8-6-15(7-9-17)13(18)12(14(19)21-15)10-2-4-11(16)5-3-10/h2-5,18H,6-9H2,1H3. The van der Waals surface area contributed by atoms with Gasteiger partial charge in [0.15, 0.2) is 11.4 Å². The summed E-state index contributed by atoms with van der Waals surface area (Å²) in [5.74, 6) is -0.411. The van der Waals surface area contributed by atoms with Gasteiger partial charge in [-0.25, -0.2) is 4.79 Å². The van der Waals surface area contributed by atoms with E-state index in [2.05, 4.69) is 15.9 Å². The Morgan fingerprint density at radius 2 is 1.90 bits per heavy atom. The third-order valence-corrected chi connectivity index (χ3v) is 4.61. The number of hydrogen-bond acceptors (Lipinski definition) is 5. The van der Waals surface area contributed by atoms with Crippen molar-refractivity contribution in [2.75, 3.05) is 20.2 Å². The zero-order valence-corrected chi connectivity index (χ0v) is 13.2. The van der Waals surface area contributed by atoms with Crippen molar-refractivity contribution in [1.82, 2.24) is 5.06 Å². The van der Waals surface area contributed by atoms with Gasteiger partial charge in [0.25, 0.3) is 0 Å². The zero-order chi connectivity index (χ0) is 15.0. The van der Waals surface area contributed by atoms with Crippen LogP contribution < -0.4 is 0 Å². The Balaban J connectivity index is 1.93. The average molecular weight is 354 g/mol. The number of carbonyl (C=O) groups excluding carboxylic acids is 1. The molecule has 2 heterocycles. The number of hydrogen-bond donors (Lipinski definition) is 1. The Labute approximate surface area is 131 Å². The lowest BCUT2D eigenvalue weighted by Gasteiger charge is -2.36. The molecule has 0 amide bonds. The van der Waals surface area contributed by atoms with Crippen LogP contribution in [0.15, 0.2) is 34.5 Å². The van der Waals surface area contributed by atoms with E-state index in [-0.39, 0.29) is 11.3 Å². The molecule has 0 saturated carbocycles. The molecule has 1 N–H and O–H groups in total. The average Bonchev–Trinajstić information content (AvgIpc) is 2.72. The van der Waals surface area contributed by atoms with Crippen LogP contribution in [-0.2, 0) is 14.4 Å². The molecule has 6 heteroatoms. The Morgan fingerprint density at radius 1 is 1.29 bits per heavy atom. The zero-order valence-electron chi connectivity index (χ0n) is 11.6. The second-order valence-electron chi connectivity index (χ2n) is 5.23. The smallest absolute Gasteiger partial charge is 0.343 e. The number of aliphatic hydroxyl groups excluding tert-OH is 1. The summed E-state index contributed by atoms with van der Waals surface area (Å²) >= 11 is 3.35. The van der Waals surface area contributed by atoms with Gasteiger partial charge in [0.2, 0.25) is 0 Å². The van der Waals surface area contributed by atoms with E-state index in [0.717, 1.165) is 4.47 Å². The highest BCUT2D eigenvalue weighted by Gasteiger charge is 2.50. The van der Waals surface area contributed by atoms with Crippen LogP contribution in [0.25, 0.3) is 5.57 Å². The van der Waals surface area contributed by atoms with Crippen molar-refractivity contribution in [2.45, 2.75) is 18.4 Å². The maximum Gasteiger partial charge on any atom is 0.343 e. The molecule has 1 fully saturated rings. The number of halogens is 1. The summed E-state index contributed by atoms with van der Waals surface area (Å²) in [5, 5.41) is 12.4. The van der Waals surface area contributed by atoms with Crippen LogP contribution in [0.5, 0.6) is 0 Å². The van der Waals surface area contributed by atoms with E-state index in [1.54, 1.807) is 24.3 Å². The van der Waals surface area contributed by atoms with E-state index < -0.39 is 11.6 Å². The summed E-state index contributed by atoms with van der Waals surface area (Å²) in [7, 11) is 1.61. The quantitative estimate of drug-likeness (QED) is 0.828. The number of hydroxylamine groups is 2. The largest absolute Gasteiger partial charge is 0.507 e. The molecule has 0 bridgehead atoms. The summed E-state index contributed by atoms with van der Waals surface area (Å²) in [6.07, 6.45) is 1.05. The fourth-order valence-electron chi connectivity index (χ4n) is 2.84. The van der Waals surface area contributed by atoms with Crippen molar-refractivity contribution in [3.8, 4) is 0 Å². The van der Waals surface area contributed by atoms with Crippen LogP contribution in [0.2, 0.25) is 0 Å². The lowest BCUT2D eigenvalue weighted by molar-refractivity contribution is -0.182. The van der Waals surface area contributed by atoms with Crippen molar-refractivity contribution in [1.29, 1.82) is 0 Å². The predicted molar refractivity (Wildman–Crippen MR) is 80.3 cm³/mol. The fraction of sp³-hybridized carbons (Fsp3) is 0.400. The van der Waals surface area contributed by atoms with Gasteiger partial charge in [0.1, 0.15) is 5.57 Å². The van der Waals surface area contributed by atoms with Crippen LogP contribution in [-0.4, -0.2) is 41.9 Å². The molecule has 112 valence electrons. The van der Waals surface area contributed by atoms with E-state index in [4.69, 9.17) is 9.57 Å². The van der Waals surface area contributed by atoms with Crippen molar-refractivity contribution in [3.05, 3.63) is 40.1 Å². The Kier molecular flexibility index (Phi) is 3.77. The van der Waals surface area contributed by atoms with Gasteiger partial charge in [-0.3, -0.25) is 0 Å². The van der Waals surface area contributed by atoms with Crippen molar-refractivity contribution < 1.29 is 19.5 Å². The topological polar surface area (TPSA) is 59.0 Å². The molecule has 0 atom stereocenters. The number of nitrogens with zero attached hydrogens (tertiary/aromatic N) is 1. The lowest BCUT2D eigenvalue weighted by atomic mass is 9.88. The van der Waals surface area contributed by atoms with Crippen LogP contribution in [0.3, 0.4) is 0 Å². The number of esters is 1. The minimum Gasteiger partial charge on any atom is -0.507 e. The number of benzene rings is 1. The van der Waals surface area contributed by atoms with Crippen LogP contribution >= 0.6 is 15.9 Å². The molecule has 0 aromatic heterocycles. The third-order valence-electron chi connectivity index (χ3n) is 4.08. The maximum absolute atomic E-state index is 12.2. The highest BCUT2D eigenvalue weighted by molar-refractivity contribution is 9.10. The highest BCUT2D eigenvalue weighted by Crippen LogP contribution is 2.42. The molecule has 21 heavy (non-hydrogen) atoms. The number of aliphatic hydroxyl groups is 1. The number of piperidine rings is 1. The minimum atomic E-state index is -0.894. The number of rotatable bonds is 2. The Morgan fingerprint density at radius 3 is 2.48 bits per heavy atom. The van der Waals surface area contributed by atoms with Crippen molar-refractivity contribution in [2.24, 2.45) is 0 Å². The van der Waals surface area contributed by atoms with Crippen molar-refractivity contribution in [3.63, 3.8) is 0 Å². The molecule has 3 rings (SSSR count). The first-order valence-electron chi connectivity index (χ1n) is 6.78. The molecule has 2 aliphatic rings. The minimum absolute atomic E-state index is 0.0468. The SMILES string of the molecule is CON1CCC2(CC1)OC(=O)C(c1ccc(Br)cc1)=C2O. The van der Waals surface area contributed by atoms with Crippen LogP contribution in [0, 0.1) is 0 Å². The van der Waals surface area contributed by atoms with E-state index in [0.29, 0.717) is 31.5 Å². The maximum atomic E-state index is 12.2. The highest BCUT2D eigenvalue weighted by atomic mass is 79.9. The summed E-state index contributed by atoms with van der Waals surface area (Å²) in [4.78, 5) is 17.4. The first-order valence-corrected chi connectivity index (χ1v) is 7.57. The molecule has 1 spiro atoms. The summed E-state index contributed by atoms with van der Waals surface area (Å²) < 4.78 is 6.45. The van der Waals surface area contributed by atoms with E-state index in [1.807, 2.05) is 12.1 Å². The normalized spacial score (nSPS) is 21.9. The molecule has 0 radical (unpaired) electrons. The molecule has 0 aliphatic carbocycles. The van der Waals surface area contributed by atoms with Gasteiger partial charge in [-0.2, -0.15) is 5.06 Å². The second kappa shape index (κ2) is 5.44. The molecule has 2 aliphatic heterocycles. The molecule has 1 saturated heterocycles. The monoisotopic (exact) mass is 353 g/mol. The lowest BCUT2D eigenvalue weighted by Crippen LogP contribution is -2.45. The van der Waals surface area contributed by atoms with Gasteiger partial charge in [0.05, 0.1) is 7.11 Å². The fourth-order valence-corrected chi connectivity index (χ4v) is 3.11. The van der Waals surface area contributed by atoms with Gasteiger partial charge in [-0.1, -0.05) is 28.1 Å². The Hall–Kier alpha value is -1.37. The van der Waals surface area contributed by atoms with Gasteiger partial charge in [-0.15, -0.1) is 0 Å². The molecule has 1 aromatic carbocycles. The summed E-state index contributed by atoms with van der Waals surface area (Å²) in [6.45, 7) is 1.23. The van der Waals surface area contributed by atoms with E-state index in [9.17, 15) is 9.90 Å². The molecular formula is C15H16BrNO4. The molecular weight excluding hydrogens is 338 g/mol. The third kappa shape index (κ3) is 2.47. The van der Waals surface area contributed by atoms with Gasteiger partial charge in [0, 0.05) is 30.4 Å². The number of carbonyl (C=O) groups is 1. The van der Waals surface area contributed by atoms with Gasteiger partial charge >= 0.3 is 5.97 Å². The molecule has 5 nitrogen and oxygen atoms in total. The Bertz CT molecular complexity index is 588. The number of ether oxygens (including phenoxy) is 1. The van der Waals surface area contributed by atoms with E-state index >= 15 is 0 Å². The molecule has 1 aromatic rings. The molecule has 0 unspecified atom stereocenters.